The Morgan fingerprint density at radius 2 is 0.885 bits per heavy atom. The summed E-state index contributed by atoms with van der Waals surface area (Å²) in [5.41, 5.74) is 0. The van der Waals surface area contributed by atoms with Gasteiger partial charge in [0.15, 0.2) is 0 Å². The second-order valence-corrected chi connectivity index (χ2v) is 62.2. The van der Waals surface area contributed by atoms with E-state index >= 15 is 0 Å². The van der Waals surface area contributed by atoms with E-state index in [1.54, 1.807) is 10.6 Å². The van der Waals surface area contributed by atoms with Crippen molar-refractivity contribution < 1.29 is 0 Å². The Labute approximate surface area is 173 Å². The second-order valence-electron chi connectivity index (χ2n) is 11.3. The van der Waals surface area contributed by atoms with Gasteiger partial charge in [-0.15, -0.1) is 15.6 Å². The highest BCUT2D eigenvalue weighted by molar-refractivity contribution is 8.51. The summed E-state index contributed by atoms with van der Waals surface area (Å²) in [4.78, 5) is 0. The van der Waals surface area contributed by atoms with Crippen LogP contribution in [0.4, 0.5) is 0 Å². The first-order valence-corrected chi connectivity index (χ1v) is 33.7. The summed E-state index contributed by atoms with van der Waals surface area (Å²) in [6.07, 6.45) is 0. The molecule has 0 heterocycles. The van der Waals surface area contributed by atoms with Gasteiger partial charge >= 0.3 is 0 Å². The summed E-state index contributed by atoms with van der Waals surface area (Å²) >= 11 is 0. The Bertz CT molecular complexity index is 546. The number of hydrogen-bond donors (Lipinski definition) is 0. The quantitative estimate of drug-likeness (QED) is 0.251. The topological polar surface area (TPSA) is 0 Å². The molecular weight excluding hydrogens is 452 g/mol. The van der Waals surface area contributed by atoms with Gasteiger partial charge in [-0.25, -0.2) is 0 Å². The molecule has 0 radical (unpaired) electrons. The molecule has 1 rings (SSSR count). The predicted octanol–water partition coefficient (Wildman–Crippen LogP) is 8.43. The molecule has 26 heavy (non-hydrogen) atoms. The standard InChI is InChI=1S/C18H42P4Si4/c1-23(2,3)19-21(25(7,8)9)17-14-13-15-18(16-17)22(26(10,11)12)20-24(4,5)6/h13-16,19-20H,1-12H3. The predicted molar refractivity (Wildman–Crippen MR) is 150 cm³/mol. The van der Waals surface area contributed by atoms with Gasteiger partial charge in [-0.1, -0.05) is 111 Å². The summed E-state index contributed by atoms with van der Waals surface area (Å²) in [6.45, 7) is 31.1. The van der Waals surface area contributed by atoms with Crippen LogP contribution in [0.15, 0.2) is 24.3 Å². The van der Waals surface area contributed by atoms with Crippen LogP contribution in [0.2, 0.25) is 78.6 Å². The van der Waals surface area contributed by atoms with Crippen LogP contribution < -0.4 is 10.6 Å². The molecule has 0 nitrogen and oxygen atoms in total. The van der Waals surface area contributed by atoms with E-state index in [1.165, 1.54) is 15.6 Å². The highest BCUT2D eigenvalue weighted by Crippen LogP contribution is 2.67. The van der Waals surface area contributed by atoms with Gasteiger partial charge in [0.1, 0.15) is 0 Å². The third-order valence-electron chi connectivity index (χ3n) is 3.58. The SMILES string of the molecule is C[Si](C)(C)PP(c1cccc(P(P[Si](C)(C)C)[Si](C)(C)C)c1)[Si](C)(C)C. The molecule has 0 aliphatic carbocycles. The average Bonchev–Trinajstić information content (AvgIpc) is 2.38. The van der Waals surface area contributed by atoms with Crippen molar-refractivity contribution in [3.8, 4) is 0 Å². The molecule has 8 heteroatoms. The van der Waals surface area contributed by atoms with Crippen molar-refractivity contribution in [3.05, 3.63) is 24.3 Å². The van der Waals surface area contributed by atoms with Crippen LogP contribution in [0.25, 0.3) is 0 Å². The molecule has 4 atom stereocenters. The molecule has 0 spiro atoms. The molecule has 1 aromatic carbocycles. The first-order valence-electron chi connectivity index (χ1n) is 9.66. The lowest BCUT2D eigenvalue weighted by atomic mass is 10.4. The highest BCUT2D eigenvalue weighted by atomic mass is 32.3. The van der Waals surface area contributed by atoms with Crippen molar-refractivity contribution in [2.75, 3.05) is 0 Å². The molecule has 0 saturated carbocycles. The molecule has 0 saturated heterocycles. The van der Waals surface area contributed by atoms with Gasteiger partial charge in [0.2, 0.25) is 0 Å². The minimum Gasteiger partial charge on any atom is -0.108 e. The second kappa shape index (κ2) is 9.30. The Hall–Kier alpha value is 1.81. The van der Waals surface area contributed by atoms with Crippen molar-refractivity contribution in [2.24, 2.45) is 0 Å². The third kappa shape index (κ3) is 9.09. The highest BCUT2D eigenvalue weighted by Gasteiger charge is 2.35. The minimum absolute atomic E-state index is 0.0738. The summed E-state index contributed by atoms with van der Waals surface area (Å²) in [5, 5.41) is 3.51. The minimum atomic E-state index is -1.15. The zero-order valence-electron chi connectivity index (χ0n) is 19.2. The van der Waals surface area contributed by atoms with Crippen LogP contribution in [0.3, 0.4) is 0 Å². The fourth-order valence-corrected chi connectivity index (χ4v) is 77.4. The van der Waals surface area contributed by atoms with Crippen molar-refractivity contribution >= 4 is 71.5 Å². The lowest BCUT2D eigenvalue weighted by Gasteiger charge is -2.37. The van der Waals surface area contributed by atoms with Crippen LogP contribution in [0.1, 0.15) is 0 Å². The monoisotopic (exact) mass is 494 g/mol. The van der Waals surface area contributed by atoms with Gasteiger partial charge < -0.3 is 0 Å². The Morgan fingerprint density at radius 1 is 0.577 bits per heavy atom. The number of hydrogen-bond acceptors (Lipinski definition) is 0. The van der Waals surface area contributed by atoms with E-state index in [1.807, 2.05) is 0 Å². The van der Waals surface area contributed by atoms with Crippen LogP contribution >= 0.6 is 30.0 Å². The molecule has 150 valence electrons. The molecule has 0 aliphatic heterocycles. The van der Waals surface area contributed by atoms with E-state index in [0.29, 0.717) is 0 Å². The van der Waals surface area contributed by atoms with Crippen molar-refractivity contribution in [2.45, 2.75) is 78.6 Å². The third-order valence-corrected chi connectivity index (χ3v) is 60.4. The van der Waals surface area contributed by atoms with E-state index < -0.39 is 31.0 Å². The maximum absolute atomic E-state index is 2.72. The zero-order valence-corrected chi connectivity index (χ0v) is 27.0. The Morgan fingerprint density at radius 3 is 1.12 bits per heavy atom. The molecule has 0 aromatic heterocycles. The summed E-state index contributed by atoms with van der Waals surface area (Å²) in [6, 6.07) is 10.1. The van der Waals surface area contributed by atoms with Gasteiger partial charge in [-0.2, -0.15) is 0 Å². The van der Waals surface area contributed by atoms with E-state index in [0.717, 1.165) is 0 Å². The van der Waals surface area contributed by atoms with Gasteiger partial charge in [-0.05, 0) is 16.7 Å². The maximum atomic E-state index is 2.72. The average molecular weight is 495 g/mol. The first-order chi connectivity index (χ1) is 11.4. The van der Waals surface area contributed by atoms with Crippen LogP contribution in [-0.4, -0.2) is 31.0 Å². The molecule has 0 bridgehead atoms. The Balaban J connectivity index is 3.36. The van der Waals surface area contributed by atoms with Crippen molar-refractivity contribution in [1.29, 1.82) is 0 Å². The van der Waals surface area contributed by atoms with E-state index in [9.17, 15) is 0 Å². The first kappa shape index (κ1) is 25.8. The van der Waals surface area contributed by atoms with Crippen molar-refractivity contribution in [1.82, 2.24) is 0 Å². The number of benzene rings is 1. The zero-order chi connectivity index (χ0) is 20.6. The van der Waals surface area contributed by atoms with Crippen LogP contribution in [-0.2, 0) is 0 Å². The largest absolute Gasteiger partial charge is 0.108 e. The number of rotatable bonds is 8. The summed E-state index contributed by atoms with van der Waals surface area (Å²) in [5.74, 6) is 0. The smallest absolute Gasteiger partial charge is 0.0818 e. The van der Waals surface area contributed by atoms with Gasteiger partial charge in [0, 0.05) is 0 Å². The van der Waals surface area contributed by atoms with E-state index in [2.05, 4.69) is 103 Å². The van der Waals surface area contributed by atoms with Crippen LogP contribution in [0.5, 0.6) is 0 Å². The molecule has 1 aromatic rings. The fourth-order valence-electron chi connectivity index (χ4n) is 2.68. The normalized spacial score (nSPS) is 17.4. The maximum Gasteiger partial charge on any atom is 0.0818 e. The lowest BCUT2D eigenvalue weighted by Crippen LogP contribution is -2.29. The summed E-state index contributed by atoms with van der Waals surface area (Å²) in [7, 11) is -1.74. The van der Waals surface area contributed by atoms with E-state index in [4.69, 9.17) is 0 Å². The molecular formula is C18H42P4Si4. The molecule has 0 N–H and O–H groups in total. The summed E-state index contributed by atoms with van der Waals surface area (Å²) < 4.78 is 0. The molecule has 0 aliphatic rings. The van der Waals surface area contributed by atoms with Gasteiger partial charge in [0.25, 0.3) is 0 Å². The van der Waals surface area contributed by atoms with Crippen LogP contribution in [0, 0.1) is 0 Å². The lowest BCUT2D eigenvalue weighted by molar-refractivity contribution is 1.82. The van der Waals surface area contributed by atoms with Gasteiger partial charge in [0.05, 0.1) is 31.0 Å². The van der Waals surface area contributed by atoms with E-state index in [-0.39, 0.29) is 14.3 Å². The van der Waals surface area contributed by atoms with Gasteiger partial charge in [-0.3, -0.25) is 0 Å². The molecule has 0 fully saturated rings. The Kier molecular flexibility index (Phi) is 9.25. The fraction of sp³-hybridized carbons (Fsp3) is 0.667. The molecule has 0 amide bonds. The van der Waals surface area contributed by atoms with Crippen molar-refractivity contribution in [3.63, 3.8) is 0 Å². The molecule has 4 unspecified atom stereocenters.